The second-order valence-electron chi connectivity index (χ2n) is 5.15. The average molecular weight is 257 g/mol. The molecule has 19 heavy (non-hydrogen) atoms. The van der Waals surface area contributed by atoms with E-state index in [9.17, 15) is 0 Å². The van der Waals surface area contributed by atoms with Crippen molar-refractivity contribution in [1.29, 1.82) is 10.5 Å². The van der Waals surface area contributed by atoms with Gasteiger partial charge in [0.15, 0.2) is 6.61 Å². The maximum Gasteiger partial charge on any atom is 0.174 e. The van der Waals surface area contributed by atoms with Crippen molar-refractivity contribution < 1.29 is 4.74 Å². The molecule has 1 aromatic rings. The van der Waals surface area contributed by atoms with E-state index in [1.54, 1.807) is 0 Å². The third kappa shape index (κ3) is 5.79. The highest BCUT2D eigenvalue weighted by Crippen LogP contribution is 2.23. The lowest BCUT2D eigenvalue weighted by atomic mass is 9.88. The number of benzene rings is 1. The van der Waals surface area contributed by atoms with E-state index in [2.05, 4.69) is 25.2 Å². The van der Waals surface area contributed by atoms with E-state index in [1.807, 2.05) is 30.3 Å². The van der Waals surface area contributed by atoms with E-state index in [-0.39, 0.29) is 12.0 Å². The van der Waals surface area contributed by atoms with Gasteiger partial charge in [-0.2, -0.15) is 10.5 Å². The van der Waals surface area contributed by atoms with E-state index in [4.69, 9.17) is 15.3 Å². The van der Waals surface area contributed by atoms with Crippen LogP contribution in [0.3, 0.4) is 0 Å². The van der Waals surface area contributed by atoms with Crippen molar-refractivity contribution >= 4 is 5.69 Å². The summed E-state index contributed by atoms with van der Waals surface area (Å²) in [7, 11) is 0. The summed E-state index contributed by atoms with van der Waals surface area (Å²) in [6.45, 7) is 5.16. The zero-order valence-corrected chi connectivity index (χ0v) is 11.4. The highest BCUT2D eigenvalue weighted by atomic mass is 16.5. The highest BCUT2D eigenvalue weighted by Gasteiger charge is 2.16. The first-order valence-corrected chi connectivity index (χ1v) is 6.28. The van der Waals surface area contributed by atoms with Crippen molar-refractivity contribution in [2.24, 2.45) is 5.41 Å². The molecule has 0 aliphatic heterocycles. The van der Waals surface area contributed by atoms with Crippen LogP contribution in [0.15, 0.2) is 24.3 Å². The van der Waals surface area contributed by atoms with Crippen molar-refractivity contribution in [2.75, 3.05) is 18.5 Å². The normalized spacial score (nSPS) is 10.3. The number of nitrogens with one attached hydrogen (secondary N) is 1. The monoisotopic (exact) mass is 257 g/mol. The molecule has 0 bridgehead atoms. The number of hydrogen-bond acceptors (Lipinski definition) is 4. The van der Waals surface area contributed by atoms with Crippen molar-refractivity contribution in [2.45, 2.75) is 26.7 Å². The summed E-state index contributed by atoms with van der Waals surface area (Å²) in [4.78, 5) is 0. The Hall–Kier alpha value is -2.20. The first-order chi connectivity index (χ1) is 9.07. The molecule has 4 nitrogen and oxygen atoms in total. The van der Waals surface area contributed by atoms with Crippen molar-refractivity contribution in [3.05, 3.63) is 24.3 Å². The molecule has 0 aliphatic carbocycles. The Bertz CT molecular complexity index is 466. The van der Waals surface area contributed by atoms with Crippen LogP contribution in [0.1, 0.15) is 26.7 Å². The zero-order chi connectivity index (χ0) is 14.1. The molecule has 0 aliphatic rings. The predicted molar refractivity (Wildman–Crippen MR) is 74.7 cm³/mol. The molecule has 0 aromatic heterocycles. The molecule has 0 atom stereocenters. The molecule has 0 heterocycles. The number of anilines is 1. The smallest absolute Gasteiger partial charge is 0.174 e. The van der Waals surface area contributed by atoms with Crippen molar-refractivity contribution in [3.8, 4) is 17.9 Å². The molecule has 0 unspecified atom stereocenters. The summed E-state index contributed by atoms with van der Waals surface area (Å²) < 4.78 is 5.18. The Kier molecular flexibility index (Phi) is 5.70. The Morgan fingerprint density at radius 1 is 1.16 bits per heavy atom. The van der Waals surface area contributed by atoms with E-state index >= 15 is 0 Å². The van der Waals surface area contributed by atoms with Crippen LogP contribution in [0, 0.1) is 28.1 Å². The average Bonchev–Trinajstić information content (AvgIpc) is 2.42. The van der Waals surface area contributed by atoms with Crippen LogP contribution < -0.4 is 10.1 Å². The minimum Gasteiger partial charge on any atom is -0.479 e. The molecule has 1 aromatic carbocycles. The fourth-order valence-electron chi connectivity index (χ4n) is 1.61. The summed E-state index contributed by atoms with van der Waals surface area (Å²) in [5.41, 5.74) is 1.10. The van der Waals surface area contributed by atoms with Gasteiger partial charge in [-0.25, -0.2) is 0 Å². The fourth-order valence-corrected chi connectivity index (χ4v) is 1.61. The van der Waals surface area contributed by atoms with Gasteiger partial charge >= 0.3 is 0 Å². The first-order valence-electron chi connectivity index (χ1n) is 6.28. The third-order valence-corrected chi connectivity index (χ3v) is 2.84. The minimum atomic E-state index is 0.0635. The molecule has 1 rings (SSSR count). The van der Waals surface area contributed by atoms with Gasteiger partial charge in [-0.1, -0.05) is 13.8 Å². The Morgan fingerprint density at radius 3 is 2.42 bits per heavy atom. The standard InChI is InChI=1S/C15H19N3O/c1-15(2,8-3-9-16)12-18-13-4-6-14(7-5-13)19-11-10-17/h4-7,18H,3,8,11-12H2,1-2H3. The van der Waals surface area contributed by atoms with Crippen molar-refractivity contribution in [1.82, 2.24) is 0 Å². The topological polar surface area (TPSA) is 68.8 Å². The summed E-state index contributed by atoms with van der Waals surface area (Å²) >= 11 is 0. The molecular formula is C15H19N3O. The number of nitriles is 2. The van der Waals surface area contributed by atoms with Gasteiger partial charge in [-0.15, -0.1) is 0 Å². The van der Waals surface area contributed by atoms with Gasteiger partial charge in [-0.3, -0.25) is 0 Å². The third-order valence-electron chi connectivity index (χ3n) is 2.84. The lowest BCUT2D eigenvalue weighted by molar-refractivity contribution is 0.363. The first kappa shape index (κ1) is 14.9. The number of ether oxygens (including phenoxy) is 1. The van der Waals surface area contributed by atoms with Crippen LogP contribution in [0.25, 0.3) is 0 Å². The maximum atomic E-state index is 8.61. The van der Waals surface area contributed by atoms with E-state index in [1.165, 1.54) is 0 Å². The summed E-state index contributed by atoms with van der Waals surface area (Å²) in [6.07, 6.45) is 1.45. The van der Waals surface area contributed by atoms with Crippen LogP contribution in [-0.4, -0.2) is 13.2 Å². The van der Waals surface area contributed by atoms with Crippen LogP contribution in [-0.2, 0) is 0 Å². The van der Waals surface area contributed by atoms with Gasteiger partial charge in [0.2, 0.25) is 0 Å². The lowest BCUT2D eigenvalue weighted by Gasteiger charge is -2.24. The van der Waals surface area contributed by atoms with Gasteiger partial charge in [0.05, 0.1) is 6.07 Å². The highest BCUT2D eigenvalue weighted by molar-refractivity contribution is 5.46. The van der Waals surface area contributed by atoms with Gasteiger partial charge < -0.3 is 10.1 Å². The molecule has 1 N–H and O–H groups in total. The Morgan fingerprint density at radius 2 is 1.84 bits per heavy atom. The molecule has 0 amide bonds. The van der Waals surface area contributed by atoms with Gasteiger partial charge in [0.1, 0.15) is 11.8 Å². The van der Waals surface area contributed by atoms with Gasteiger partial charge in [0.25, 0.3) is 0 Å². The van der Waals surface area contributed by atoms with Gasteiger partial charge in [0, 0.05) is 18.7 Å². The van der Waals surface area contributed by atoms with Crippen LogP contribution in [0.4, 0.5) is 5.69 Å². The lowest BCUT2D eigenvalue weighted by Crippen LogP contribution is -2.22. The fraction of sp³-hybridized carbons (Fsp3) is 0.467. The zero-order valence-electron chi connectivity index (χ0n) is 11.4. The Balaban J connectivity index is 2.46. The van der Waals surface area contributed by atoms with Crippen LogP contribution in [0.2, 0.25) is 0 Å². The van der Waals surface area contributed by atoms with E-state index in [0.29, 0.717) is 12.2 Å². The van der Waals surface area contributed by atoms with E-state index < -0.39 is 0 Å². The van der Waals surface area contributed by atoms with Crippen LogP contribution >= 0.6 is 0 Å². The summed E-state index contributed by atoms with van der Waals surface area (Å²) in [5.74, 6) is 0.691. The molecular weight excluding hydrogens is 238 g/mol. The number of nitrogens with zero attached hydrogens (tertiary/aromatic N) is 2. The van der Waals surface area contributed by atoms with Crippen LogP contribution in [0.5, 0.6) is 5.75 Å². The molecule has 0 radical (unpaired) electrons. The quantitative estimate of drug-likeness (QED) is 0.813. The molecule has 0 fully saturated rings. The SMILES string of the molecule is CC(C)(CCC#N)CNc1ccc(OCC#N)cc1. The van der Waals surface area contributed by atoms with Gasteiger partial charge in [-0.05, 0) is 36.1 Å². The number of rotatable bonds is 7. The van der Waals surface area contributed by atoms with Crippen molar-refractivity contribution in [3.63, 3.8) is 0 Å². The minimum absolute atomic E-state index is 0.0635. The summed E-state index contributed by atoms with van der Waals surface area (Å²) in [6, 6.07) is 11.6. The molecule has 0 spiro atoms. The molecule has 100 valence electrons. The largest absolute Gasteiger partial charge is 0.479 e. The summed E-state index contributed by atoms with van der Waals surface area (Å²) in [5, 5.41) is 20.4. The molecule has 0 saturated carbocycles. The Labute approximate surface area is 114 Å². The number of hydrogen-bond donors (Lipinski definition) is 1. The van der Waals surface area contributed by atoms with E-state index in [0.717, 1.165) is 18.7 Å². The molecule has 0 saturated heterocycles. The second-order valence-corrected chi connectivity index (χ2v) is 5.15. The predicted octanol–water partition coefficient (Wildman–Crippen LogP) is 3.33. The second kappa shape index (κ2) is 7.28. The maximum absolute atomic E-state index is 8.61. The molecule has 4 heteroatoms.